The molecule has 5 heteroatoms. The molecule has 1 aliphatic rings. The van der Waals surface area contributed by atoms with Crippen LogP contribution in [0.15, 0.2) is 18.3 Å². The molecule has 5 nitrogen and oxygen atoms in total. The zero-order chi connectivity index (χ0) is 14.2. The number of hydrogen-bond acceptors (Lipinski definition) is 4. The van der Waals surface area contributed by atoms with Crippen molar-refractivity contribution >= 4 is 17.4 Å². The minimum Gasteiger partial charge on any atom is -0.370 e. The van der Waals surface area contributed by atoms with E-state index in [0.717, 1.165) is 31.6 Å². The highest BCUT2D eigenvalue weighted by molar-refractivity contribution is 5.94. The van der Waals surface area contributed by atoms with Crippen molar-refractivity contribution in [2.75, 3.05) is 23.8 Å². The molecule has 110 valence electrons. The molecule has 1 aromatic rings. The van der Waals surface area contributed by atoms with E-state index >= 15 is 0 Å². The molecule has 0 aromatic carbocycles. The molecule has 2 rings (SSSR count). The van der Waals surface area contributed by atoms with E-state index in [1.807, 2.05) is 12.1 Å². The van der Waals surface area contributed by atoms with E-state index in [9.17, 15) is 4.79 Å². The molecule has 0 bridgehead atoms. The number of aromatic nitrogens is 1. The van der Waals surface area contributed by atoms with Gasteiger partial charge in [-0.15, -0.1) is 0 Å². The van der Waals surface area contributed by atoms with E-state index in [0.29, 0.717) is 12.3 Å². The first-order valence-electron chi connectivity index (χ1n) is 7.42. The summed E-state index contributed by atoms with van der Waals surface area (Å²) in [6.07, 6.45) is 6.71. The van der Waals surface area contributed by atoms with E-state index in [1.54, 1.807) is 6.20 Å². The van der Waals surface area contributed by atoms with Gasteiger partial charge in [0.25, 0.3) is 5.91 Å². The number of carbonyl (C=O) groups is 1. The molecule has 1 saturated heterocycles. The first-order chi connectivity index (χ1) is 9.79. The van der Waals surface area contributed by atoms with Gasteiger partial charge < -0.3 is 15.4 Å². The van der Waals surface area contributed by atoms with E-state index in [2.05, 4.69) is 22.5 Å². The zero-order valence-electron chi connectivity index (χ0n) is 12.0. The Balaban J connectivity index is 1.77. The molecule has 1 aromatic heterocycles. The number of carbonyl (C=O) groups excluding carboxylic acids is 1. The smallest absolute Gasteiger partial charge is 0.253 e. The summed E-state index contributed by atoms with van der Waals surface area (Å²) in [6.45, 7) is 3.79. The van der Waals surface area contributed by atoms with Gasteiger partial charge in [-0.3, -0.25) is 4.79 Å². The fourth-order valence-corrected chi connectivity index (χ4v) is 2.17. The third-order valence-electron chi connectivity index (χ3n) is 3.34. The van der Waals surface area contributed by atoms with Crippen molar-refractivity contribution in [3.05, 3.63) is 18.3 Å². The first kappa shape index (κ1) is 14.8. The van der Waals surface area contributed by atoms with Crippen LogP contribution >= 0.6 is 0 Å². The molecular formula is C15H23N3O2. The quantitative estimate of drug-likeness (QED) is 0.752. The second kappa shape index (κ2) is 7.85. The lowest BCUT2D eigenvalue weighted by Gasteiger charge is -2.11. The van der Waals surface area contributed by atoms with E-state index in [4.69, 9.17) is 4.74 Å². The van der Waals surface area contributed by atoms with Gasteiger partial charge in [0.15, 0.2) is 0 Å². The largest absolute Gasteiger partial charge is 0.370 e. The maximum atomic E-state index is 11.9. The Morgan fingerprint density at radius 2 is 2.35 bits per heavy atom. The molecule has 1 amide bonds. The van der Waals surface area contributed by atoms with Crippen LogP contribution in [0.1, 0.15) is 39.0 Å². The van der Waals surface area contributed by atoms with Crippen LogP contribution in [-0.4, -0.2) is 30.1 Å². The maximum Gasteiger partial charge on any atom is 0.253 e. The van der Waals surface area contributed by atoms with Gasteiger partial charge in [-0.2, -0.15) is 0 Å². The van der Waals surface area contributed by atoms with E-state index in [-0.39, 0.29) is 12.0 Å². The number of nitrogens with zero attached hydrogens (tertiary/aromatic N) is 1. The Labute approximate surface area is 120 Å². The summed E-state index contributed by atoms with van der Waals surface area (Å²) in [5, 5.41) is 6.10. The van der Waals surface area contributed by atoms with Crippen LogP contribution < -0.4 is 10.6 Å². The number of hydrogen-bond donors (Lipinski definition) is 2. The second-order valence-corrected chi connectivity index (χ2v) is 5.06. The highest BCUT2D eigenvalue weighted by Gasteiger charge is 2.23. The van der Waals surface area contributed by atoms with E-state index < -0.39 is 0 Å². The van der Waals surface area contributed by atoms with Gasteiger partial charge in [-0.05, 0) is 31.4 Å². The average Bonchev–Trinajstić information content (AvgIpc) is 3.00. The molecule has 1 aliphatic heterocycles. The lowest BCUT2D eigenvalue weighted by atomic mass is 10.2. The summed E-state index contributed by atoms with van der Waals surface area (Å²) in [7, 11) is 0. The average molecular weight is 277 g/mol. The summed E-state index contributed by atoms with van der Waals surface area (Å²) >= 11 is 0. The van der Waals surface area contributed by atoms with Gasteiger partial charge in [-0.1, -0.05) is 19.8 Å². The van der Waals surface area contributed by atoms with Crippen LogP contribution in [0.2, 0.25) is 0 Å². The fourth-order valence-electron chi connectivity index (χ4n) is 2.17. The van der Waals surface area contributed by atoms with Gasteiger partial charge in [-0.25, -0.2) is 4.98 Å². The van der Waals surface area contributed by atoms with Gasteiger partial charge in [0.05, 0.1) is 11.9 Å². The summed E-state index contributed by atoms with van der Waals surface area (Å²) in [6, 6.07) is 3.75. The standard InChI is InChI=1S/C15H23N3O2/c1-2-3-4-9-16-14-8-7-12(11-17-14)18-15(19)13-6-5-10-20-13/h7-8,11,13H,2-6,9-10H2,1H3,(H,16,17)(H,18,19). The summed E-state index contributed by atoms with van der Waals surface area (Å²) in [4.78, 5) is 16.2. The molecule has 20 heavy (non-hydrogen) atoms. The molecule has 2 heterocycles. The Kier molecular flexibility index (Phi) is 5.80. The summed E-state index contributed by atoms with van der Waals surface area (Å²) in [5.41, 5.74) is 0.713. The predicted molar refractivity (Wildman–Crippen MR) is 79.9 cm³/mol. The lowest BCUT2D eigenvalue weighted by molar-refractivity contribution is -0.124. The van der Waals surface area contributed by atoms with Gasteiger partial charge in [0, 0.05) is 13.2 Å². The van der Waals surface area contributed by atoms with Crippen LogP contribution in [-0.2, 0) is 9.53 Å². The number of anilines is 2. The summed E-state index contributed by atoms with van der Waals surface area (Å²) < 4.78 is 5.34. The molecule has 0 radical (unpaired) electrons. The van der Waals surface area contributed by atoms with Crippen molar-refractivity contribution in [1.29, 1.82) is 0 Å². The topological polar surface area (TPSA) is 63.2 Å². The predicted octanol–water partition coefficient (Wildman–Crippen LogP) is 2.80. The molecule has 2 N–H and O–H groups in total. The number of nitrogens with one attached hydrogen (secondary N) is 2. The van der Waals surface area contributed by atoms with Crippen molar-refractivity contribution in [1.82, 2.24) is 4.98 Å². The van der Waals surface area contributed by atoms with Crippen LogP contribution in [0.3, 0.4) is 0 Å². The number of amides is 1. The third-order valence-corrected chi connectivity index (χ3v) is 3.34. The number of ether oxygens (including phenoxy) is 1. The number of rotatable bonds is 7. The Bertz CT molecular complexity index is 414. The molecular weight excluding hydrogens is 254 g/mol. The molecule has 0 saturated carbocycles. The lowest BCUT2D eigenvalue weighted by Crippen LogP contribution is -2.26. The van der Waals surface area contributed by atoms with Crippen molar-refractivity contribution in [2.45, 2.75) is 45.1 Å². The van der Waals surface area contributed by atoms with Gasteiger partial charge in [0.1, 0.15) is 11.9 Å². The van der Waals surface area contributed by atoms with Crippen LogP contribution in [0.25, 0.3) is 0 Å². The molecule has 1 unspecified atom stereocenters. The maximum absolute atomic E-state index is 11.9. The first-order valence-corrected chi connectivity index (χ1v) is 7.42. The van der Waals surface area contributed by atoms with Crippen LogP contribution in [0.5, 0.6) is 0 Å². The van der Waals surface area contributed by atoms with Crippen molar-refractivity contribution < 1.29 is 9.53 Å². The highest BCUT2D eigenvalue weighted by atomic mass is 16.5. The minimum atomic E-state index is -0.304. The minimum absolute atomic E-state index is 0.0760. The third kappa shape index (κ3) is 4.49. The zero-order valence-corrected chi connectivity index (χ0v) is 12.0. The SMILES string of the molecule is CCCCCNc1ccc(NC(=O)C2CCCO2)cn1. The second-order valence-electron chi connectivity index (χ2n) is 5.06. The number of unbranched alkanes of at least 4 members (excludes halogenated alkanes) is 2. The van der Waals surface area contributed by atoms with Gasteiger partial charge in [0.2, 0.25) is 0 Å². The Morgan fingerprint density at radius 3 is 3.00 bits per heavy atom. The molecule has 0 spiro atoms. The van der Waals surface area contributed by atoms with Crippen molar-refractivity contribution in [2.24, 2.45) is 0 Å². The fraction of sp³-hybridized carbons (Fsp3) is 0.600. The molecule has 1 fully saturated rings. The van der Waals surface area contributed by atoms with E-state index in [1.165, 1.54) is 12.8 Å². The molecule has 0 aliphatic carbocycles. The van der Waals surface area contributed by atoms with Crippen LogP contribution in [0, 0.1) is 0 Å². The summed E-state index contributed by atoms with van der Waals surface area (Å²) in [5.74, 6) is 0.768. The highest BCUT2D eigenvalue weighted by Crippen LogP contribution is 2.15. The van der Waals surface area contributed by atoms with Gasteiger partial charge >= 0.3 is 0 Å². The van der Waals surface area contributed by atoms with Crippen molar-refractivity contribution in [3.63, 3.8) is 0 Å². The van der Waals surface area contributed by atoms with Crippen LogP contribution in [0.4, 0.5) is 11.5 Å². The Morgan fingerprint density at radius 1 is 1.45 bits per heavy atom. The molecule has 1 atom stereocenters. The Hall–Kier alpha value is -1.62. The van der Waals surface area contributed by atoms with Crippen molar-refractivity contribution in [3.8, 4) is 0 Å². The monoisotopic (exact) mass is 277 g/mol. The normalized spacial score (nSPS) is 17.9. The number of pyridine rings is 1.